The molecular weight excluding hydrogens is 388 g/mol. The van der Waals surface area contributed by atoms with Crippen molar-refractivity contribution in [2.45, 2.75) is 38.0 Å². The van der Waals surface area contributed by atoms with Gasteiger partial charge in [-0.3, -0.25) is 4.79 Å². The molecule has 3 aromatic rings. The summed E-state index contributed by atoms with van der Waals surface area (Å²) in [6, 6.07) is 14.0. The molecule has 0 unspecified atom stereocenters. The van der Waals surface area contributed by atoms with Crippen molar-refractivity contribution in [1.82, 2.24) is 4.98 Å². The van der Waals surface area contributed by atoms with Crippen molar-refractivity contribution >= 4 is 44.9 Å². The number of hydrogen-bond donors (Lipinski definition) is 1. The summed E-state index contributed by atoms with van der Waals surface area (Å²) in [7, 11) is 0. The first-order chi connectivity index (χ1) is 13.6. The van der Waals surface area contributed by atoms with Gasteiger partial charge >= 0.3 is 0 Å². The number of carbonyl (C=O) groups excluding carboxylic acids is 1. The number of hydrogen-bond acceptors (Lipinski definition) is 5. The van der Waals surface area contributed by atoms with Crippen LogP contribution < -0.4 is 10.1 Å². The Hall–Kier alpha value is -2.05. The number of aryl methyl sites for hydroxylation is 1. The van der Waals surface area contributed by atoms with Crippen LogP contribution >= 0.6 is 23.1 Å². The quantitative estimate of drug-likeness (QED) is 0.337. The van der Waals surface area contributed by atoms with Crippen LogP contribution in [0.25, 0.3) is 10.2 Å². The molecule has 28 heavy (non-hydrogen) atoms. The van der Waals surface area contributed by atoms with Gasteiger partial charge in [0.15, 0.2) is 4.34 Å². The molecule has 0 aliphatic carbocycles. The van der Waals surface area contributed by atoms with E-state index in [2.05, 4.69) is 23.3 Å². The SMILES string of the molecule is CCC(CC)C(=O)Nc1ccc2nc(SCCOc3cccc(C)c3)sc2c1. The molecule has 4 nitrogen and oxygen atoms in total. The molecule has 3 rings (SSSR count). The molecule has 0 atom stereocenters. The lowest BCUT2D eigenvalue weighted by atomic mass is 10.0. The zero-order chi connectivity index (χ0) is 19.9. The van der Waals surface area contributed by atoms with Gasteiger partial charge in [-0.2, -0.15) is 0 Å². The first-order valence-electron chi connectivity index (χ1n) is 9.62. The van der Waals surface area contributed by atoms with Gasteiger partial charge in [-0.05, 0) is 55.7 Å². The third kappa shape index (κ3) is 5.49. The monoisotopic (exact) mass is 414 g/mol. The zero-order valence-electron chi connectivity index (χ0n) is 16.5. The number of amides is 1. The molecule has 0 saturated heterocycles. The standard InChI is InChI=1S/C22H26N2O2S2/c1-4-16(5-2)21(25)23-17-9-10-19-20(14-17)28-22(24-19)27-12-11-26-18-8-6-7-15(3)13-18/h6-10,13-14,16H,4-5,11-12H2,1-3H3,(H,23,25). The van der Waals surface area contributed by atoms with Crippen molar-refractivity contribution in [3.8, 4) is 5.75 Å². The van der Waals surface area contributed by atoms with Crippen LogP contribution in [0.5, 0.6) is 5.75 Å². The molecule has 0 saturated carbocycles. The number of nitrogens with zero attached hydrogens (tertiary/aromatic N) is 1. The van der Waals surface area contributed by atoms with Crippen molar-refractivity contribution in [1.29, 1.82) is 0 Å². The molecule has 0 radical (unpaired) electrons. The van der Waals surface area contributed by atoms with Gasteiger partial charge < -0.3 is 10.1 Å². The van der Waals surface area contributed by atoms with Crippen LogP contribution in [-0.2, 0) is 4.79 Å². The maximum Gasteiger partial charge on any atom is 0.227 e. The fourth-order valence-corrected chi connectivity index (χ4v) is 4.94. The summed E-state index contributed by atoms with van der Waals surface area (Å²) in [6.45, 7) is 6.80. The normalized spacial score (nSPS) is 11.1. The molecule has 1 N–H and O–H groups in total. The Morgan fingerprint density at radius 3 is 2.79 bits per heavy atom. The number of fused-ring (bicyclic) bond motifs is 1. The van der Waals surface area contributed by atoms with Crippen molar-refractivity contribution < 1.29 is 9.53 Å². The Balaban J connectivity index is 1.56. The Labute approximate surface area is 174 Å². The summed E-state index contributed by atoms with van der Waals surface area (Å²) >= 11 is 3.35. The molecule has 0 bridgehead atoms. The number of nitrogens with one attached hydrogen (secondary N) is 1. The minimum Gasteiger partial charge on any atom is -0.493 e. The Bertz CT molecular complexity index is 935. The van der Waals surface area contributed by atoms with Gasteiger partial charge in [-0.1, -0.05) is 37.7 Å². The van der Waals surface area contributed by atoms with E-state index in [9.17, 15) is 4.79 Å². The number of carbonyl (C=O) groups is 1. The van der Waals surface area contributed by atoms with E-state index < -0.39 is 0 Å². The number of rotatable bonds is 9. The minimum atomic E-state index is 0.0664. The second-order valence-electron chi connectivity index (χ2n) is 6.68. The van der Waals surface area contributed by atoms with E-state index in [1.165, 1.54) is 5.56 Å². The van der Waals surface area contributed by atoms with E-state index in [1.807, 2.05) is 50.2 Å². The third-order valence-electron chi connectivity index (χ3n) is 4.56. The van der Waals surface area contributed by atoms with Gasteiger partial charge in [0.05, 0.1) is 16.8 Å². The fourth-order valence-electron chi connectivity index (χ4n) is 2.94. The summed E-state index contributed by atoms with van der Waals surface area (Å²) < 4.78 is 7.90. The van der Waals surface area contributed by atoms with Crippen molar-refractivity contribution in [2.75, 3.05) is 17.7 Å². The smallest absolute Gasteiger partial charge is 0.227 e. The molecule has 0 aliphatic heterocycles. The summed E-state index contributed by atoms with van der Waals surface area (Å²) in [5.41, 5.74) is 3.00. The average molecular weight is 415 g/mol. The van der Waals surface area contributed by atoms with E-state index in [1.54, 1.807) is 23.1 Å². The maximum atomic E-state index is 12.3. The van der Waals surface area contributed by atoms with Gasteiger partial charge in [0.1, 0.15) is 5.75 Å². The number of aromatic nitrogens is 1. The zero-order valence-corrected chi connectivity index (χ0v) is 18.2. The molecular formula is C22H26N2O2S2. The fraction of sp³-hybridized carbons (Fsp3) is 0.364. The summed E-state index contributed by atoms with van der Waals surface area (Å²) in [4.78, 5) is 17.0. The van der Waals surface area contributed by atoms with Crippen LogP contribution in [0.1, 0.15) is 32.3 Å². The molecule has 0 spiro atoms. The molecule has 0 aliphatic rings. The van der Waals surface area contributed by atoms with Crippen LogP contribution in [0.15, 0.2) is 46.8 Å². The van der Waals surface area contributed by atoms with E-state index in [4.69, 9.17) is 4.74 Å². The number of ether oxygens (including phenoxy) is 1. The highest BCUT2D eigenvalue weighted by Crippen LogP contribution is 2.31. The predicted molar refractivity (Wildman–Crippen MR) is 120 cm³/mol. The van der Waals surface area contributed by atoms with E-state index in [0.717, 1.165) is 44.6 Å². The highest BCUT2D eigenvalue weighted by Gasteiger charge is 2.14. The third-order valence-corrected chi connectivity index (χ3v) is 6.69. The average Bonchev–Trinajstić information content (AvgIpc) is 3.08. The number of thioether (sulfide) groups is 1. The Morgan fingerprint density at radius 1 is 1.21 bits per heavy atom. The van der Waals surface area contributed by atoms with Crippen LogP contribution in [0, 0.1) is 12.8 Å². The van der Waals surface area contributed by atoms with E-state index in [0.29, 0.717) is 6.61 Å². The lowest BCUT2D eigenvalue weighted by Crippen LogP contribution is -2.21. The number of thiazole rings is 1. The Morgan fingerprint density at radius 2 is 2.04 bits per heavy atom. The first kappa shape index (κ1) is 20.7. The lowest BCUT2D eigenvalue weighted by Gasteiger charge is -2.12. The van der Waals surface area contributed by atoms with Gasteiger partial charge in [0.2, 0.25) is 5.91 Å². The minimum absolute atomic E-state index is 0.0664. The van der Waals surface area contributed by atoms with Crippen molar-refractivity contribution in [3.63, 3.8) is 0 Å². The first-order valence-corrected chi connectivity index (χ1v) is 11.4. The van der Waals surface area contributed by atoms with Crippen LogP contribution in [0.4, 0.5) is 5.69 Å². The van der Waals surface area contributed by atoms with Crippen molar-refractivity contribution in [2.24, 2.45) is 5.92 Å². The van der Waals surface area contributed by atoms with Crippen LogP contribution in [0.3, 0.4) is 0 Å². The Kier molecular flexibility index (Phi) is 7.34. The molecule has 1 heterocycles. The van der Waals surface area contributed by atoms with Crippen LogP contribution in [0.2, 0.25) is 0 Å². The predicted octanol–water partition coefficient (Wildman–Crippen LogP) is 6.15. The second kappa shape index (κ2) is 9.94. The molecule has 2 aromatic carbocycles. The maximum absolute atomic E-state index is 12.3. The number of benzene rings is 2. The molecule has 1 aromatic heterocycles. The second-order valence-corrected chi connectivity index (χ2v) is 9.05. The topological polar surface area (TPSA) is 51.2 Å². The molecule has 0 fully saturated rings. The van der Waals surface area contributed by atoms with E-state index in [-0.39, 0.29) is 11.8 Å². The van der Waals surface area contributed by atoms with Crippen molar-refractivity contribution in [3.05, 3.63) is 48.0 Å². The summed E-state index contributed by atoms with van der Waals surface area (Å²) in [5, 5.41) is 3.03. The summed E-state index contributed by atoms with van der Waals surface area (Å²) in [5.74, 6) is 1.91. The van der Waals surface area contributed by atoms with Gasteiger partial charge in [0, 0.05) is 17.4 Å². The van der Waals surface area contributed by atoms with Gasteiger partial charge in [0.25, 0.3) is 0 Å². The lowest BCUT2D eigenvalue weighted by molar-refractivity contribution is -0.120. The molecule has 1 amide bonds. The van der Waals surface area contributed by atoms with Gasteiger partial charge in [-0.25, -0.2) is 4.98 Å². The number of anilines is 1. The largest absolute Gasteiger partial charge is 0.493 e. The van der Waals surface area contributed by atoms with Gasteiger partial charge in [-0.15, -0.1) is 11.3 Å². The molecule has 148 valence electrons. The van der Waals surface area contributed by atoms with E-state index >= 15 is 0 Å². The molecule has 6 heteroatoms. The highest BCUT2D eigenvalue weighted by atomic mass is 32.2. The van der Waals surface area contributed by atoms with Crippen LogP contribution in [-0.4, -0.2) is 23.3 Å². The summed E-state index contributed by atoms with van der Waals surface area (Å²) in [6.07, 6.45) is 1.72. The highest BCUT2D eigenvalue weighted by molar-refractivity contribution is 8.01.